The lowest BCUT2D eigenvalue weighted by Crippen LogP contribution is -2.36. The zero-order chi connectivity index (χ0) is 16.1. The first-order chi connectivity index (χ1) is 10.5. The van der Waals surface area contributed by atoms with Gasteiger partial charge < -0.3 is 19.9 Å². The van der Waals surface area contributed by atoms with Crippen LogP contribution in [0.4, 0.5) is 4.79 Å². The molecular weight excluding hydrogens is 282 g/mol. The van der Waals surface area contributed by atoms with Crippen molar-refractivity contribution in [3.63, 3.8) is 0 Å². The molecule has 2 rings (SSSR count). The number of aryl methyl sites for hydroxylation is 2. The van der Waals surface area contributed by atoms with E-state index in [0.29, 0.717) is 6.54 Å². The van der Waals surface area contributed by atoms with E-state index in [2.05, 4.69) is 15.8 Å². The number of ether oxygens (including phenoxy) is 1. The molecule has 0 saturated carbocycles. The normalized spacial score (nSPS) is 11.8. The van der Waals surface area contributed by atoms with Crippen molar-refractivity contribution in [1.82, 2.24) is 15.8 Å². The van der Waals surface area contributed by atoms with Gasteiger partial charge in [0.05, 0.1) is 18.8 Å². The highest BCUT2D eigenvalue weighted by atomic mass is 16.5. The van der Waals surface area contributed by atoms with Crippen molar-refractivity contribution < 1.29 is 14.1 Å². The van der Waals surface area contributed by atoms with E-state index in [1.54, 1.807) is 7.11 Å². The first-order valence-corrected chi connectivity index (χ1v) is 7.12. The van der Waals surface area contributed by atoms with Crippen molar-refractivity contribution in [1.29, 1.82) is 0 Å². The van der Waals surface area contributed by atoms with Crippen LogP contribution in [0.25, 0.3) is 0 Å². The number of urea groups is 1. The van der Waals surface area contributed by atoms with E-state index in [-0.39, 0.29) is 12.1 Å². The molecule has 22 heavy (non-hydrogen) atoms. The number of benzene rings is 1. The molecule has 1 atom stereocenters. The highest BCUT2D eigenvalue weighted by molar-refractivity contribution is 5.74. The predicted molar refractivity (Wildman–Crippen MR) is 82.8 cm³/mol. The Morgan fingerprint density at radius 2 is 2.09 bits per heavy atom. The third kappa shape index (κ3) is 3.58. The molecule has 0 saturated heterocycles. The van der Waals surface area contributed by atoms with Gasteiger partial charge in [-0.3, -0.25) is 0 Å². The Kier molecular flexibility index (Phi) is 5.04. The van der Waals surface area contributed by atoms with Gasteiger partial charge in [-0.05, 0) is 26.8 Å². The summed E-state index contributed by atoms with van der Waals surface area (Å²) < 4.78 is 10.4. The van der Waals surface area contributed by atoms with E-state index >= 15 is 0 Å². The number of carbonyl (C=O) groups is 1. The van der Waals surface area contributed by atoms with Gasteiger partial charge in [-0.2, -0.15) is 0 Å². The van der Waals surface area contributed by atoms with Gasteiger partial charge in [0.1, 0.15) is 11.5 Å². The Bertz CT molecular complexity index is 632. The third-order valence-electron chi connectivity index (χ3n) is 3.56. The van der Waals surface area contributed by atoms with Crippen LogP contribution in [-0.4, -0.2) is 18.3 Å². The second kappa shape index (κ2) is 6.98. The van der Waals surface area contributed by atoms with Crippen LogP contribution in [0.15, 0.2) is 28.8 Å². The summed E-state index contributed by atoms with van der Waals surface area (Å²) in [6.07, 6.45) is 0. The quantitative estimate of drug-likeness (QED) is 0.890. The molecule has 6 nitrogen and oxygen atoms in total. The predicted octanol–water partition coefficient (Wildman–Crippen LogP) is 2.86. The van der Waals surface area contributed by atoms with Gasteiger partial charge in [-0.15, -0.1) is 0 Å². The molecule has 1 aromatic carbocycles. The van der Waals surface area contributed by atoms with Crippen molar-refractivity contribution in [2.45, 2.75) is 33.4 Å². The maximum Gasteiger partial charge on any atom is 0.315 e. The van der Waals surface area contributed by atoms with Crippen molar-refractivity contribution in [3.05, 3.63) is 46.8 Å². The Morgan fingerprint density at radius 3 is 2.73 bits per heavy atom. The van der Waals surface area contributed by atoms with Gasteiger partial charge in [0.15, 0.2) is 0 Å². The van der Waals surface area contributed by atoms with Crippen LogP contribution < -0.4 is 15.4 Å². The minimum atomic E-state index is -0.251. The molecule has 6 heteroatoms. The molecule has 0 radical (unpaired) electrons. The van der Waals surface area contributed by atoms with Crippen LogP contribution in [0.5, 0.6) is 5.75 Å². The number of rotatable bonds is 5. The van der Waals surface area contributed by atoms with E-state index in [4.69, 9.17) is 9.26 Å². The Morgan fingerprint density at radius 1 is 1.36 bits per heavy atom. The van der Waals surface area contributed by atoms with Crippen LogP contribution in [-0.2, 0) is 6.54 Å². The van der Waals surface area contributed by atoms with Crippen LogP contribution in [0.1, 0.15) is 35.5 Å². The number of hydrogen-bond acceptors (Lipinski definition) is 4. The standard InChI is InChI=1S/C16H21N3O3/c1-10(13-7-5-6-8-15(13)21-4)18-16(20)17-9-14-11(2)19-22-12(14)3/h5-8,10H,9H2,1-4H3,(H2,17,18,20). The molecule has 0 aliphatic heterocycles. The molecule has 0 bridgehead atoms. The number of amides is 2. The molecule has 0 fully saturated rings. The number of aromatic nitrogens is 1. The molecule has 1 heterocycles. The highest BCUT2D eigenvalue weighted by Gasteiger charge is 2.14. The summed E-state index contributed by atoms with van der Waals surface area (Å²) in [5.41, 5.74) is 2.62. The van der Waals surface area contributed by atoms with Gasteiger partial charge in [0.25, 0.3) is 0 Å². The third-order valence-corrected chi connectivity index (χ3v) is 3.56. The van der Waals surface area contributed by atoms with E-state index in [0.717, 1.165) is 28.3 Å². The molecule has 2 aromatic rings. The molecule has 0 aliphatic carbocycles. The van der Waals surface area contributed by atoms with Crippen molar-refractivity contribution in [2.24, 2.45) is 0 Å². The summed E-state index contributed by atoms with van der Waals surface area (Å²) >= 11 is 0. The molecule has 1 unspecified atom stereocenters. The fourth-order valence-electron chi connectivity index (χ4n) is 2.27. The SMILES string of the molecule is COc1ccccc1C(C)NC(=O)NCc1c(C)noc1C. The summed E-state index contributed by atoms with van der Waals surface area (Å²) in [6.45, 7) is 5.97. The smallest absolute Gasteiger partial charge is 0.315 e. The maximum absolute atomic E-state index is 12.0. The molecule has 0 spiro atoms. The van der Waals surface area contributed by atoms with Crippen molar-refractivity contribution in [3.8, 4) is 5.75 Å². The first-order valence-electron chi connectivity index (χ1n) is 7.12. The van der Waals surface area contributed by atoms with Crippen LogP contribution in [0, 0.1) is 13.8 Å². The summed E-state index contributed by atoms with van der Waals surface area (Å²) in [6, 6.07) is 7.19. The lowest BCUT2D eigenvalue weighted by molar-refractivity contribution is 0.237. The second-order valence-corrected chi connectivity index (χ2v) is 5.09. The van der Waals surface area contributed by atoms with Crippen LogP contribution >= 0.6 is 0 Å². The fourth-order valence-corrected chi connectivity index (χ4v) is 2.27. The summed E-state index contributed by atoms with van der Waals surface area (Å²) in [7, 11) is 1.61. The fraction of sp³-hybridized carbons (Fsp3) is 0.375. The van der Waals surface area contributed by atoms with Crippen LogP contribution in [0.3, 0.4) is 0 Å². The van der Waals surface area contributed by atoms with Crippen molar-refractivity contribution >= 4 is 6.03 Å². The van der Waals surface area contributed by atoms with E-state index in [1.807, 2.05) is 45.0 Å². The summed E-state index contributed by atoms with van der Waals surface area (Å²) in [5.74, 6) is 1.47. The minimum absolute atomic E-state index is 0.166. The molecule has 0 aliphatic rings. The van der Waals surface area contributed by atoms with Gasteiger partial charge in [0, 0.05) is 17.7 Å². The highest BCUT2D eigenvalue weighted by Crippen LogP contribution is 2.24. The first kappa shape index (κ1) is 15.9. The Labute approximate surface area is 129 Å². The largest absolute Gasteiger partial charge is 0.496 e. The minimum Gasteiger partial charge on any atom is -0.496 e. The zero-order valence-corrected chi connectivity index (χ0v) is 13.3. The molecule has 118 valence electrons. The number of nitrogens with zero attached hydrogens (tertiary/aromatic N) is 1. The average Bonchev–Trinajstić information content (AvgIpc) is 2.83. The average molecular weight is 303 g/mol. The Balaban J connectivity index is 1.94. The van der Waals surface area contributed by atoms with Gasteiger partial charge in [-0.25, -0.2) is 4.79 Å². The number of nitrogens with one attached hydrogen (secondary N) is 2. The van der Waals surface area contributed by atoms with Gasteiger partial charge >= 0.3 is 6.03 Å². The van der Waals surface area contributed by atoms with E-state index < -0.39 is 0 Å². The van der Waals surface area contributed by atoms with Gasteiger partial charge in [0.2, 0.25) is 0 Å². The number of hydrogen-bond donors (Lipinski definition) is 2. The van der Waals surface area contributed by atoms with Crippen LogP contribution in [0.2, 0.25) is 0 Å². The molecule has 2 N–H and O–H groups in total. The topological polar surface area (TPSA) is 76.4 Å². The maximum atomic E-state index is 12.0. The number of para-hydroxylation sites is 1. The molecule has 1 aromatic heterocycles. The van der Waals surface area contributed by atoms with E-state index in [1.165, 1.54) is 0 Å². The summed E-state index contributed by atoms with van der Waals surface area (Å²) in [5, 5.41) is 9.57. The van der Waals surface area contributed by atoms with E-state index in [9.17, 15) is 4.79 Å². The number of methoxy groups -OCH3 is 1. The Hall–Kier alpha value is -2.50. The second-order valence-electron chi connectivity index (χ2n) is 5.09. The molecule has 2 amide bonds. The monoisotopic (exact) mass is 303 g/mol. The zero-order valence-electron chi connectivity index (χ0n) is 13.3. The molecular formula is C16H21N3O3. The summed E-state index contributed by atoms with van der Waals surface area (Å²) in [4.78, 5) is 12.0. The lowest BCUT2D eigenvalue weighted by atomic mass is 10.1. The number of carbonyl (C=O) groups excluding carboxylic acids is 1. The van der Waals surface area contributed by atoms with Gasteiger partial charge in [-0.1, -0.05) is 23.4 Å². The lowest BCUT2D eigenvalue weighted by Gasteiger charge is -2.17. The van der Waals surface area contributed by atoms with Crippen molar-refractivity contribution in [2.75, 3.05) is 7.11 Å².